The van der Waals surface area contributed by atoms with Crippen molar-refractivity contribution in [3.8, 4) is 0 Å². The van der Waals surface area contributed by atoms with Crippen LogP contribution in [0.1, 0.15) is 36.7 Å². The first kappa shape index (κ1) is 30.3. The minimum absolute atomic E-state index is 0.113. The monoisotopic (exact) mass is 605 g/mol. The lowest BCUT2D eigenvalue weighted by Gasteiger charge is -2.47. The maximum absolute atomic E-state index is 13.0. The van der Waals surface area contributed by atoms with Gasteiger partial charge in [0.15, 0.2) is 20.7 Å². The molecule has 0 aliphatic carbocycles. The molecule has 0 amide bonds. The highest BCUT2D eigenvalue weighted by molar-refractivity contribution is 9.09. The van der Waals surface area contributed by atoms with Crippen molar-refractivity contribution in [3.05, 3.63) is 82.2 Å². The van der Waals surface area contributed by atoms with Crippen molar-refractivity contribution < 1.29 is 28.2 Å². The van der Waals surface area contributed by atoms with Crippen LogP contribution >= 0.6 is 15.9 Å². The molecule has 1 fully saturated rings. The van der Waals surface area contributed by atoms with E-state index in [0.29, 0.717) is 17.5 Å². The van der Waals surface area contributed by atoms with Crippen LogP contribution in [0, 0.1) is 0 Å². The molecule has 0 aromatic heterocycles. The minimum Gasteiger partial charge on any atom is -0.453 e. The van der Waals surface area contributed by atoms with Crippen LogP contribution < -0.4 is 0 Å². The fourth-order valence-electron chi connectivity index (χ4n) is 3.72. The summed E-state index contributed by atoms with van der Waals surface area (Å²) < 4.78 is 30.7. The first-order valence-corrected chi connectivity index (χ1v) is 16.5. The maximum Gasteiger partial charge on any atom is 0.338 e. The number of hydrogen-bond donors (Lipinski definition) is 0. The van der Waals surface area contributed by atoms with Gasteiger partial charge in [0.25, 0.3) is 0 Å². The summed E-state index contributed by atoms with van der Waals surface area (Å²) in [5, 5.41) is 4.23. The number of carbonyl (C=O) groups is 1. The van der Waals surface area contributed by atoms with Gasteiger partial charge in [-0.1, -0.05) is 90.3 Å². The van der Waals surface area contributed by atoms with E-state index in [4.69, 9.17) is 23.4 Å². The fraction of sp³-hybridized carbons (Fsp3) is 0.519. The van der Waals surface area contributed by atoms with Gasteiger partial charge in [-0.2, -0.15) is 0 Å². The molecule has 0 bridgehead atoms. The molecule has 206 valence electrons. The second-order valence-corrected chi connectivity index (χ2v) is 16.0. The number of rotatable bonds is 11. The number of ether oxygens (including phenoxy) is 4. The van der Waals surface area contributed by atoms with E-state index in [1.165, 1.54) is 0 Å². The Morgan fingerprint density at radius 3 is 2.29 bits per heavy atom. The van der Waals surface area contributed by atoms with Crippen LogP contribution in [0.5, 0.6) is 0 Å². The summed E-state index contributed by atoms with van der Waals surface area (Å²) in [4.78, 5) is 16.1. The van der Waals surface area contributed by atoms with E-state index in [0.717, 1.165) is 5.56 Å². The third-order valence-corrected chi connectivity index (χ3v) is 11.9. The lowest BCUT2D eigenvalue weighted by atomic mass is 9.97. The summed E-state index contributed by atoms with van der Waals surface area (Å²) in [6.45, 7) is 10.7. The number of hydrogen-bond acceptors (Lipinski definition) is 7. The number of esters is 1. The van der Waals surface area contributed by atoms with Crippen molar-refractivity contribution in [1.29, 1.82) is 0 Å². The van der Waals surface area contributed by atoms with E-state index in [2.05, 4.69) is 59.8 Å². The van der Waals surface area contributed by atoms with Gasteiger partial charge in [-0.25, -0.2) is 4.79 Å². The third-order valence-electron chi connectivity index (χ3n) is 6.88. The standard InChI is InChI=1S/C27H36BrN3O6Si/c1-27(2,3)38(4,5)37-26-22(30-31-29)24(34-18-33-17-19-12-8-6-9-13-19)23(21(16-28)35-26)36-25(32)20-14-10-7-11-15-20/h6-15,21-24,26H,16-18H2,1-5H3/t21-,22-,23+,24-,26+/m1/s1. The summed E-state index contributed by atoms with van der Waals surface area (Å²) >= 11 is 3.49. The van der Waals surface area contributed by atoms with Gasteiger partial charge in [-0.3, -0.25) is 0 Å². The van der Waals surface area contributed by atoms with E-state index in [9.17, 15) is 10.3 Å². The van der Waals surface area contributed by atoms with Crippen molar-refractivity contribution in [2.45, 2.75) is 76.2 Å². The van der Waals surface area contributed by atoms with Gasteiger partial charge >= 0.3 is 5.97 Å². The molecule has 38 heavy (non-hydrogen) atoms. The van der Waals surface area contributed by atoms with Crippen molar-refractivity contribution in [3.63, 3.8) is 0 Å². The van der Waals surface area contributed by atoms with Crippen LogP contribution in [0.4, 0.5) is 0 Å². The number of nitrogens with zero attached hydrogens (tertiary/aromatic N) is 3. The molecular formula is C27H36BrN3O6Si. The van der Waals surface area contributed by atoms with E-state index >= 15 is 0 Å². The Bertz CT molecular complexity index is 1080. The smallest absolute Gasteiger partial charge is 0.338 e. The van der Waals surface area contributed by atoms with Crippen LogP contribution in [0.3, 0.4) is 0 Å². The molecule has 0 unspecified atom stereocenters. The molecular weight excluding hydrogens is 570 g/mol. The lowest BCUT2D eigenvalue weighted by molar-refractivity contribution is -0.252. The van der Waals surface area contributed by atoms with Gasteiger partial charge in [0.1, 0.15) is 25.0 Å². The normalized spacial score (nSPS) is 23.9. The summed E-state index contributed by atoms with van der Waals surface area (Å²) in [6.07, 6.45) is -3.28. The summed E-state index contributed by atoms with van der Waals surface area (Å²) in [5.41, 5.74) is 10.8. The number of benzene rings is 2. The Kier molecular flexibility index (Phi) is 10.9. The highest BCUT2D eigenvalue weighted by atomic mass is 79.9. The molecule has 2 aromatic carbocycles. The summed E-state index contributed by atoms with van der Waals surface area (Å²) in [5.74, 6) is -0.535. The topological polar surface area (TPSA) is 112 Å². The Balaban J connectivity index is 1.88. The summed E-state index contributed by atoms with van der Waals surface area (Å²) in [6, 6.07) is 17.4. The molecule has 1 aliphatic heterocycles. The van der Waals surface area contributed by atoms with E-state index in [-0.39, 0.29) is 11.8 Å². The van der Waals surface area contributed by atoms with Crippen LogP contribution in [0.25, 0.3) is 10.4 Å². The molecule has 1 aliphatic rings. The lowest BCUT2D eigenvalue weighted by Crippen LogP contribution is -2.62. The van der Waals surface area contributed by atoms with Gasteiger partial charge in [0.05, 0.1) is 12.2 Å². The number of alkyl halides is 1. The third kappa shape index (κ3) is 7.89. The van der Waals surface area contributed by atoms with E-state index in [1.807, 2.05) is 36.4 Å². The number of azide groups is 1. The van der Waals surface area contributed by atoms with E-state index < -0.39 is 44.9 Å². The van der Waals surface area contributed by atoms with Crippen LogP contribution in [-0.2, 0) is 30.0 Å². The zero-order valence-corrected chi connectivity index (χ0v) is 25.0. The zero-order valence-electron chi connectivity index (χ0n) is 22.5. The minimum atomic E-state index is -2.34. The number of halogens is 1. The fourth-order valence-corrected chi connectivity index (χ4v) is 5.37. The first-order valence-electron chi connectivity index (χ1n) is 12.5. The molecule has 11 heteroatoms. The van der Waals surface area contributed by atoms with E-state index in [1.54, 1.807) is 24.3 Å². The molecule has 1 heterocycles. The average Bonchev–Trinajstić information content (AvgIpc) is 2.89. The molecule has 5 atom stereocenters. The van der Waals surface area contributed by atoms with Crippen molar-refractivity contribution >= 4 is 30.2 Å². The van der Waals surface area contributed by atoms with Crippen molar-refractivity contribution in [1.82, 2.24) is 0 Å². The first-order chi connectivity index (χ1) is 18.1. The van der Waals surface area contributed by atoms with Gasteiger partial charge in [0, 0.05) is 10.2 Å². The quantitative estimate of drug-likeness (QED) is 0.0417. The van der Waals surface area contributed by atoms with Crippen LogP contribution in [0.2, 0.25) is 18.1 Å². The Labute approximate surface area is 233 Å². The molecule has 0 saturated carbocycles. The second-order valence-electron chi connectivity index (χ2n) is 10.6. The SMILES string of the molecule is CC(C)(C)[Si](C)(C)O[C@@H]1O[C@H](CBr)[C@H](OC(=O)c2ccccc2)[C@H](OCOCc2ccccc2)[C@H]1N=[N+]=[N-]. The molecule has 3 rings (SSSR count). The Morgan fingerprint density at radius 2 is 1.71 bits per heavy atom. The zero-order chi connectivity index (χ0) is 27.8. The Morgan fingerprint density at radius 1 is 1.08 bits per heavy atom. The van der Waals surface area contributed by atoms with Gasteiger partial charge in [0.2, 0.25) is 0 Å². The Hall–Kier alpha value is -2.24. The largest absolute Gasteiger partial charge is 0.453 e. The second kappa shape index (κ2) is 13.7. The van der Waals surface area contributed by atoms with Crippen molar-refractivity contribution in [2.24, 2.45) is 5.11 Å². The molecule has 0 spiro atoms. The molecule has 1 saturated heterocycles. The maximum atomic E-state index is 13.0. The molecule has 2 aromatic rings. The summed E-state index contributed by atoms with van der Waals surface area (Å²) in [7, 11) is -2.34. The predicted octanol–water partition coefficient (Wildman–Crippen LogP) is 6.59. The molecule has 9 nitrogen and oxygen atoms in total. The van der Waals surface area contributed by atoms with Gasteiger partial charge < -0.3 is 23.4 Å². The van der Waals surface area contributed by atoms with Gasteiger partial charge in [-0.15, -0.1) is 0 Å². The van der Waals surface area contributed by atoms with Crippen molar-refractivity contribution in [2.75, 3.05) is 12.1 Å². The highest BCUT2D eigenvalue weighted by Crippen LogP contribution is 2.40. The van der Waals surface area contributed by atoms with Crippen LogP contribution in [0.15, 0.2) is 65.8 Å². The highest BCUT2D eigenvalue weighted by Gasteiger charge is 2.51. The number of carbonyl (C=O) groups excluding carboxylic acids is 1. The molecule has 0 N–H and O–H groups in total. The average molecular weight is 607 g/mol. The van der Waals surface area contributed by atoms with Crippen LogP contribution in [-0.4, -0.2) is 57.1 Å². The molecule has 0 radical (unpaired) electrons. The van der Waals surface area contributed by atoms with Gasteiger partial charge in [-0.05, 0) is 41.4 Å². The predicted molar refractivity (Wildman–Crippen MR) is 150 cm³/mol.